The van der Waals surface area contributed by atoms with Gasteiger partial charge in [0.1, 0.15) is 0 Å². The minimum Gasteiger partial charge on any atom is -0.859 e. The molecule has 0 amide bonds. The molecule has 0 bridgehead atoms. The van der Waals surface area contributed by atoms with Gasteiger partial charge in [-0.05, 0) is 0 Å². The summed E-state index contributed by atoms with van der Waals surface area (Å²) in [6, 6.07) is 0. The van der Waals surface area contributed by atoms with Crippen LogP contribution in [0.25, 0.3) is 0 Å². The van der Waals surface area contributed by atoms with E-state index in [1.165, 1.54) is 0 Å². The summed E-state index contributed by atoms with van der Waals surface area (Å²) in [5.41, 5.74) is 0. The molecule has 0 aliphatic carbocycles. The van der Waals surface area contributed by atoms with Gasteiger partial charge in [0.25, 0.3) is 0 Å². The molecule has 0 saturated heterocycles. The van der Waals surface area contributed by atoms with Crippen LogP contribution in [0.3, 0.4) is 0 Å². The van der Waals surface area contributed by atoms with Crippen LogP contribution < -0.4 is 14.4 Å². The maximum absolute atomic E-state index is 9.03. The van der Waals surface area contributed by atoms with Crippen molar-refractivity contribution in [2.24, 2.45) is 0 Å². The molecule has 0 saturated carbocycles. The molecule has 50 valence electrons. The van der Waals surface area contributed by atoms with E-state index in [1.54, 1.807) is 0 Å². The van der Waals surface area contributed by atoms with Gasteiger partial charge in [0.15, 0.2) is 0 Å². The van der Waals surface area contributed by atoms with E-state index in [4.69, 9.17) is 19.6 Å². The predicted octanol–water partition coefficient (Wildman–Crippen LogP) is -4.01. The molecule has 0 rings (SSSR count). The molecular weight excluding hydrogens is 283 g/mol. The van der Waals surface area contributed by atoms with Gasteiger partial charge in [0.2, 0.25) is 0 Å². The second-order valence-corrected chi connectivity index (χ2v) is 1.77. The molecule has 0 aromatic carbocycles. The summed E-state index contributed by atoms with van der Waals surface area (Å²) < 4.78 is 2.41. The third kappa shape index (κ3) is 11.1. The van der Waals surface area contributed by atoms with Gasteiger partial charge in [0.05, 0.1) is 0 Å². The Morgan fingerprint density at radius 2 is 1.43 bits per heavy atom. The first-order valence-corrected chi connectivity index (χ1v) is 2.63. The molecule has 5 nitrogen and oxygen atoms in total. The zero-order valence-corrected chi connectivity index (χ0v) is 5.50. The fraction of sp³-hybridized carbons (Fsp3) is 0. The maximum Gasteiger partial charge on any atom is 3.00 e. The van der Waals surface area contributed by atoms with Crippen LogP contribution in [0.5, 0.6) is 0 Å². The first-order chi connectivity index (χ1) is 2.56. The summed E-state index contributed by atoms with van der Waals surface area (Å²) >= 11 is 0. The van der Waals surface area contributed by atoms with E-state index in [0.717, 1.165) is 0 Å². The van der Waals surface area contributed by atoms with Gasteiger partial charge in [-0.1, -0.05) is 9.05 Å². The monoisotopic (exact) mass is 284 g/mol. The molecule has 0 aromatic rings. The predicted molar refractivity (Wildman–Crippen MR) is 9.47 cm³/mol. The fourth-order valence-corrected chi connectivity index (χ4v) is 0. The SMILES string of the molecule is [Lu+3].[O-][Si]([O-])([O-])OO. The third-order valence-electron chi connectivity index (χ3n) is 0.112. The summed E-state index contributed by atoms with van der Waals surface area (Å²) in [6.45, 7) is 0. The van der Waals surface area contributed by atoms with Crippen molar-refractivity contribution in [3.8, 4) is 0 Å². The average molecular weight is 284 g/mol. The Morgan fingerprint density at radius 1 is 1.29 bits per heavy atom. The van der Waals surface area contributed by atoms with Crippen molar-refractivity contribution < 1.29 is 61.1 Å². The molecule has 7 heavy (non-hydrogen) atoms. The summed E-state index contributed by atoms with van der Waals surface area (Å²) in [6.07, 6.45) is 0. The normalized spacial score (nSPS) is 10.3. The molecule has 0 heterocycles. The van der Waals surface area contributed by atoms with Crippen molar-refractivity contribution in [1.82, 2.24) is 0 Å². The largest absolute Gasteiger partial charge is 3.00 e. The molecule has 0 aliphatic rings. The molecule has 0 spiro atoms. The van der Waals surface area contributed by atoms with Gasteiger partial charge in [-0.15, -0.1) is 0 Å². The molecule has 0 aromatic heterocycles. The van der Waals surface area contributed by atoms with Crippen LogP contribution in [0.1, 0.15) is 0 Å². The number of hydrogen-bond acceptors (Lipinski definition) is 5. The van der Waals surface area contributed by atoms with Crippen molar-refractivity contribution in [2.45, 2.75) is 0 Å². The molecule has 0 atom stereocenters. The van der Waals surface area contributed by atoms with Crippen LogP contribution in [0.2, 0.25) is 0 Å². The van der Waals surface area contributed by atoms with Crippen molar-refractivity contribution in [2.75, 3.05) is 0 Å². The Labute approximate surface area is 69.8 Å². The van der Waals surface area contributed by atoms with E-state index < -0.39 is 9.05 Å². The van der Waals surface area contributed by atoms with Gasteiger partial charge in [-0.3, -0.25) is 5.26 Å². The maximum atomic E-state index is 9.03. The van der Waals surface area contributed by atoms with Crippen LogP contribution in [0.4, 0.5) is 0 Å². The minimum atomic E-state index is -5.33. The van der Waals surface area contributed by atoms with Crippen LogP contribution in [-0.4, -0.2) is 14.3 Å². The summed E-state index contributed by atoms with van der Waals surface area (Å²) in [4.78, 5) is 27.1. The molecule has 0 fully saturated rings. The first-order valence-electron chi connectivity index (χ1n) is 0.999. The Morgan fingerprint density at radius 3 is 1.43 bits per heavy atom. The second-order valence-electron chi connectivity index (χ2n) is 0.591. The van der Waals surface area contributed by atoms with Crippen molar-refractivity contribution >= 4 is 9.05 Å². The van der Waals surface area contributed by atoms with E-state index in [-0.39, 0.29) is 36.9 Å². The van der Waals surface area contributed by atoms with Crippen LogP contribution >= 0.6 is 0 Å². The topological polar surface area (TPSA) is 98.6 Å². The number of rotatable bonds is 1. The zero-order valence-electron chi connectivity index (χ0n) is 2.84. The second kappa shape index (κ2) is 4.16. The van der Waals surface area contributed by atoms with Gasteiger partial charge in [-0.25, -0.2) is 0 Å². The fourth-order valence-electron chi connectivity index (χ4n) is 0. The van der Waals surface area contributed by atoms with Crippen molar-refractivity contribution in [3.05, 3.63) is 0 Å². The molecule has 0 unspecified atom stereocenters. The quantitative estimate of drug-likeness (QED) is 0.300. The molecule has 0 radical (unpaired) electrons. The van der Waals surface area contributed by atoms with Crippen LogP contribution in [0, 0.1) is 36.9 Å². The minimum absolute atomic E-state index is 0. The Bertz CT molecular complexity index is 37.8. The van der Waals surface area contributed by atoms with Gasteiger partial charge in [-0.2, -0.15) is 0 Å². The van der Waals surface area contributed by atoms with E-state index in [2.05, 4.69) is 4.58 Å². The van der Waals surface area contributed by atoms with E-state index in [1.807, 2.05) is 0 Å². The Kier molecular flexibility index (Phi) is 6.60. The summed E-state index contributed by atoms with van der Waals surface area (Å²) in [7, 11) is -5.33. The summed E-state index contributed by atoms with van der Waals surface area (Å²) in [5, 5.41) is 7.03. The number of hydrogen-bond donors (Lipinski definition) is 1. The molecule has 1 N–H and O–H groups in total. The average Bonchev–Trinajstić information content (AvgIpc) is 1.35. The Balaban J connectivity index is 0. The first kappa shape index (κ1) is 11.1. The van der Waals surface area contributed by atoms with Gasteiger partial charge >= 0.3 is 36.9 Å². The molecular formula is HLuO5Si. The van der Waals surface area contributed by atoms with E-state index in [9.17, 15) is 0 Å². The van der Waals surface area contributed by atoms with Crippen LogP contribution in [-0.2, 0) is 4.58 Å². The molecule has 7 heteroatoms. The zero-order chi connectivity index (χ0) is 5.21. The van der Waals surface area contributed by atoms with Crippen molar-refractivity contribution in [1.29, 1.82) is 0 Å². The van der Waals surface area contributed by atoms with Gasteiger partial charge < -0.3 is 19.0 Å². The smallest absolute Gasteiger partial charge is 0.859 e. The van der Waals surface area contributed by atoms with E-state index in [0.29, 0.717) is 0 Å². The standard InChI is InChI=1S/Lu.HO5Si/c;1-5-6(2,3)4/h;1H/q+3;-3. The van der Waals surface area contributed by atoms with Crippen LogP contribution in [0.15, 0.2) is 0 Å². The summed E-state index contributed by atoms with van der Waals surface area (Å²) in [5.74, 6) is 0. The Hall–Kier alpha value is 1.25. The van der Waals surface area contributed by atoms with Crippen molar-refractivity contribution in [3.63, 3.8) is 0 Å². The molecule has 0 aliphatic heterocycles. The van der Waals surface area contributed by atoms with Gasteiger partial charge in [0, 0.05) is 0 Å². The third-order valence-corrected chi connectivity index (χ3v) is 0.335. The van der Waals surface area contributed by atoms with E-state index >= 15 is 0 Å².